The minimum absolute atomic E-state index is 0.487. The van der Waals surface area contributed by atoms with E-state index < -0.39 is 0 Å². The van der Waals surface area contributed by atoms with Gasteiger partial charge >= 0.3 is 0 Å². The summed E-state index contributed by atoms with van der Waals surface area (Å²) >= 11 is 4.82. The number of thiocarbonyl (C=S) groups is 1. The molecule has 2 N–H and O–H groups in total. The lowest BCUT2D eigenvalue weighted by molar-refractivity contribution is -0.119. The third-order valence-electron chi connectivity index (χ3n) is 2.19. The third-order valence-corrected chi connectivity index (χ3v) is 2.36. The number of nitrogens with zero attached hydrogens (tertiary/aromatic N) is 1. The van der Waals surface area contributed by atoms with Crippen LogP contribution in [0.2, 0.25) is 0 Å². The van der Waals surface area contributed by atoms with Gasteiger partial charge in [-0.1, -0.05) is 12.2 Å². The van der Waals surface area contributed by atoms with Gasteiger partial charge in [-0.15, -0.1) is 0 Å². The van der Waals surface area contributed by atoms with E-state index in [-0.39, 0.29) is 0 Å². The number of piperidine rings is 1. The van der Waals surface area contributed by atoms with Crippen molar-refractivity contribution >= 4 is 23.6 Å². The molecule has 4 heteroatoms. The fourth-order valence-electron chi connectivity index (χ4n) is 1.64. The number of carbonyl (C=O) groups is 1. The van der Waals surface area contributed by atoms with Crippen molar-refractivity contribution in [2.45, 2.75) is 19.3 Å². The summed E-state index contributed by atoms with van der Waals surface area (Å²) in [4.78, 5) is 12.8. The monoisotopic (exact) mass is 186 g/mol. The SMILES string of the molecule is NC(=S)CC1CCCN(C=O)C1. The zero-order chi connectivity index (χ0) is 8.97. The first-order chi connectivity index (χ1) is 5.72. The summed E-state index contributed by atoms with van der Waals surface area (Å²) in [5.41, 5.74) is 5.43. The third kappa shape index (κ3) is 2.77. The molecule has 0 aliphatic carbocycles. The maximum atomic E-state index is 10.5. The van der Waals surface area contributed by atoms with E-state index in [9.17, 15) is 4.79 Å². The van der Waals surface area contributed by atoms with Gasteiger partial charge in [-0.2, -0.15) is 0 Å². The molecule has 1 rings (SSSR count). The van der Waals surface area contributed by atoms with Gasteiger partial charge in [0.15, 0.2) is 0 Å². The van der Waals surface area contributed by atoms with Crippen molar-refractivity contribution in [2.24, 2.45) is 11.7 Å². The van der Waals surface area contributed by atoms with Gasteiger partial charge in [0.05, 0.1) is 4.99 Å². The van der Waals surface area contributed by atoms with Crippen molar-refractivity contribution in [3.8, 4) is 0 Å². The van der Waals surface area contributed by atoms with Crippen LogP contribution in [0.15, 0.2) is 0 Å². The Morgan fingerprint density at radius 3 is 3.08 bits per heavy atom. The van der Waals surface area contributed by atoms with Crippen LogP contribution in [0.1, 0.15) is 19.3 Å². The molecule has 3 nitrogen and oxygen atoms in total. The molecule has 68 valence electrons. The van der Waals surface area contributed by atoms with Crippen molar-refractivity contribution in [1.82, 2.24) is 4.90 Å². The molecule has 0 saturated carbocycles. The molecule has 1 aliphatic heterocycles. The molecular weight excluding hydrogens is 172 g/mol. The van der Waals surface area contributed by atoms with Crippen LogP contribution < -0.4 is 5.73 Å². The molecule has 1 saturated heterocycles. The van der Waals surface area contributed by atoms with Gasteiger partial charge in [0.25, 0.3) is 0 Å². The highest BCUT2D eigenvalue weighted by molar-refractivity contribution is 7.80. The first kappa shape index (κ1) is 9.45. The molecule has 0 radical (unpaired) electrons. The number of likely N-dealkylation sites (tertiary alicyclic amines) is 1. The Labute approximate surface area is 77.9 Å². The number of hydrogen-bond donors (Lipinski definition) is 1. The number of carbonyl (C=O) groups excluding carboxylic acids is 1. The smallest absolute Gasteiger partial charge is 0.209 e. The van der Waals surface area contributed by atoms with Crippen LogP contribution in [0.3, 0.4) is 0 Å². The lowest BCUT2D eigenvalue weighted by atomic mass is 9.95. The zero-order valence-corrected chi connectivity index (χ0v) is 7.85. The standard InChI is InChI=1S/C8H14N2OS/c9-8(12)4-7-2-1-3-10(5-7)6-11/h6-7H,1-5H2,(H2,9,12). The summed E-state index contributed by atoms with van der Waals surface area (Å²) in [6.07, 6.45) is 3.90. The molecule has 1 fully saturated rings. The van der Waals surface area contributed by atoms with Crippen LogP contribution in [0.25, 0.3) is 0 Å². The van der Waals surface area contributed by atoms with Crippen molar-refractivity contribution in [1.29, 1.82) is 0 Å². The summed E-state index contributed by atoms with van der Waals surface area (Å²) in [6, 6.07) is 0. The van der Waals surface area contributed by atoms with E-state index in [4.69, 9.17) is 18.0 Å². The van der Waals surface area contributed by atoms with E-state index in [1.165, 1.54) is 0 Å². The average Bonchev–Trinajstić information content (AvgIpc) is 2.03. The molecule has 1 aliphatic rings. The summed E-state index contributed by atoms with van der Waals surface area (Å²) in [5.74, 6) is 0.487. The van der Waals surface area contributed by atoms with E-state index in [1.807, 2.05) is 0 Å². The second kappa shape index (κ2) is 4.40. The van der Waals surface area contributed by atoms with Crippen molar-refractivity contribution in [3.63, 3.8) is 0 Å². The predicted molar refractivity (Wildman–Crippen MR) is 51.8 cm³/mol. The minimum Gasteiger partial charge on any atom is -0.393 e. The molecule has 0 bridgehead atoms. The van der Waals surface area contributed by atoms with Crippen LogP contribution in [0.5, 0.6) is 0 Å². The summed E-state index contributed by atoms with van der Waals surface area (Å²) in [6.45, 7) is 1.71. The van der Waals surface area contributed by atoms with Gasteiger partial charge in [-0.25, -0.2) is 0 Å². The topological polar surface area (TPSA) is 46.3 Å². The van der Waals surface area contributed by atoms with Crippen LogP contribution >= 0.6 is 12.2 Å². The first-order valence-electron chi connectivity index (χ1n) is 4.20. The number of hydrogen-bond acceptors (Lipinski definition) is 2. The molecule has 1 heterocycles. The second-order valence-electron chi connectivity index (χ2n) is 3.28. The van der Waals surface area contributed by atoms with Gasteiger partial charge < -0.3 is 10.6 Å². The van der Waals surface area contributed by atoms with Gasteiger partial charge in [0, 0.05) is 19.5 Å². The van der Waals surface area contributed by atoms with E-state index in [1.54, 1.807) is 4.90 Å². The van der Waals surface area contributed by atoms with E-state index in [0.717, 1.165) is 38.8 Å². The quantitative estimate of drug-likeness (QED) is 0.516. The molecule has 1 amide bonds. The maximum Gasteiger partial charge on any atom is 0.209 e. The fourth-order valence-corrected chi connectivity index (χ4v) is 1.88. The van der Waals surface area contributed by atoms with Crippen molar-refractivity contribution in [3.05, 3.63) is 0 Å². The fraction of sp³-hybridized carbons (Fsp3) is 0.750. The Balaban J connectivity index is 2.35. The largest absolute Gasteiger partial charge is 0.393 e. The normalized spacial score (nSPS) is 23.7. The second-order valence-corrected chi connectivity index (χ2v) is 3.80. The Kier molecular flexibility index (Phi) is 3.47. The van der Waals surface area contributed by atoms with Gasteiger partial charge in [0.1, 0.15) is 0 Å². The van der Waals surface area contributed by atoms with Gasteiger partial charge in [-0.3, -0.25) is 4.79 Å². The van der Waals surface area contributed by atoms with Gasteiger partial charge in [0.2, 0.25) is 6.41 Å². The molecule has 0 spiro atoms. The van der Waals surface area contributed by atoms with Gasteiger partial charge in [-0.05, 0) is 18.8 Å². The molecule has 0 aromatic rings. The van der Waals surface area contributed by atoms with E-state index >= 15 is 0 Å². The highest BCUT2D eigenvalue weighted by Crippen LogP contribution is 2.18. The lowest BCUT2D eigenvalue weighted by Crippen LogP contribution is -2.35. The Bertz CT molecular complexity index is 184. The molecule has 12 heavy (non-hydrogen) atoms. The number of nitrogens with two attached hydrogens (primary N) is 1. The Hall–Kier alpha value is -0.640. The first-order valence-corrected chi connectivity index (χ1v) is 4.61. The molecule has 0 aromatic carbocycles. The van der Waals surface area contributed by atoms with Crippen LogP contribution in [0.4, 0.5) is 0 Å². The molecular formula is C8H14N2OS. The Morgan fingerprint density at radius 2 is 2.50 bits per heavy atom. The van der Waals surface area contributed by atoms with Crippen molar-refractivity contribution in [2.75, 3.05) is 13.1 Å². The lowest BCUT2D eigenvalue weighted by Gasteiger charge is -2.29. The van der Waals surface area contributed by atoms with Crippen LogP contribution in [-0.4, -0.2) is 29.4 Å². The molecule has 1 unspecified atom stereocenters. The molecule has 0 aromatic heterocycles. The van der Waals surface area contributed by atoms with E-state index in [2.05, 4.69) is 0 Å². The zero-order valence-electron chi connectivity index (χ0n) is 7.03. The van der Waals surface area contributed by atoms with Crippen molar-refractivity contribution < 1.29 is 4.79 Å². The van der Waals surface area contributed by atoms with Crippen LogP contribution in [-0.2, 0) is 4.79 Å². The van der Waals surface area contributed by atoms with E-state index in [0.29, 0.717) is 10.9 Å². The number of rotatable bonds is 3. The highest BCUT2D eigenvalue weighted by atomic mass is 32.1. The summed E-state index contributed by atoms with van der Waals surface area (Å²) < 4.78 is 0. The maximum absolute atomic E-state index is 10.5. The van der Waals surface area contributed by atoms with Crippen LogP contribution in [0, 0.1) is 5.92 Å². The minimum atomic E-state index is 0.487. The highest BCUT2D eigenvalue weighted by Gasteiger charge is 2.18. The Morgan fingerprint density at radius 1 is 1.75 bits per heavy atom. The average molecular weight is 186 g/mol. The predicted octanol–water partition coefficient (Wildman–Crippen LogP) is 0.531. The summed E-state index contributed by atoms with van der Waals surface area (Å²) in [5, 5.41) is 0. The summed E-state index contributed by atoms with van der Waals surface area (Å²) in [7, 11) is 0. The number of amides is 1. The molecule has 1 atom stereocenters.